The molecule has 0 aromatic rings. The Balaban J connectivity index is 0.000000147. The summed E-state index contributed by atoms with van der Waals surface area (Å²) in [5.74, 6) is 0. The van der Waals surface area contributed by atoms with Gasteiger partial charge in [0.25, 0.3) is 0 Å². The lowest BCUT2D eigenvalue weighted by molar-refractivity contribution is 1.20. The Morgan fingerprint density at radius 1 is 0.800 bits per heavy atom. The van der Waals surface area contributed by atoms with E-state index in [-0.39, 0.29) is 0 Å². The van der Waals surface area contributed by atoms with Gasteiger partial charge in [0.1, 0.15) is 0 Å². The van der Waals surface area contributed by atoms with E-state index >= 15 is 0 Å². The SMILES string of the molecule is C1=CC=CNC=C1.C1=Cc2cccc3cccc-3c2C1. The van der Waals surface area contributed by atoms with Crippen molar-refractivity contribution in [1.82, 2.24) is 5.32 Å². The second kappa shape index (κ2) is 6.07. The first-order valence-corrected chi connectivity index (χ1v) is 6.87. The molecular formula is C19H17N. The molecule has 0 fully saturated rings. The molecule has 1 aliphatic heterocycles. The van der Waals surface area contributed by atoms with Crippen molar-refractivity contribution in [3.63, 3.8) is 0 Å². The topological polar surface area (TPSA) is 12.0 Å². The van der Waals surface area contributed by atoms with Crippen molar-refractivity contribution in [3.8, 4) is 11.1 Å². The van der Waals surface area contributed by atoms with E-state index in [0.717, 1.165) is 6.42 Å². The van der Waals surface area contributed by atoms with Crippen LogP contribution in [0.1, 0.15) is 11.1 Å². The fourth-order valence-corrected chi connectivity index (χ4v) is 2.46. The van der Waals surface area contributed by atoms with E-state index in [0.29, 0.717) is 0 Å². The molecule has 1 heteroatoms. The number of allylic oxidation sites excluding steroid dienone is 5. The fraction of sp³-hybridized carbons (Fsp3) is 0.0526. The number of nitrogens with one attached hydrogen (secondary N) is 1. The molecule has 0 aromatic carbocycles. The highest BCUT2D eigenvalue weighted by Crippen LogP contribution is 2.31. The van der Waals surface area contributed by atoms with Gasteiger partial charge in [0.2, 0.25) is 0 Å². The van der Waals surface area contributed by atoms with E-state index in [1.165, 1.54) is 22.3 Å². The highest BCUT2D eigenvalue weighted by Gasteiger charge is 2.11. The molecule has 0 atom stereocenters. The second-order valence-electron chi connectivity index (χ2n) is 4.73. The molecule has 0 spiro atoms. The monoisotopic (exact) mass is 259 g/mol. The first-order chi connectivity index (χ1) is 9.95. The van der Waals surface area contributed by atoms with Crippen LogP contribution in [0.3, 0.4) is 0 Å². The van der Waals surface area contributed by atoms with E-state index < -0.39 is 0 Å². The predicted molar refractivity (Wildman–Crippen MR) is 86.4 cm³/mol. The summed E-state index contributed by atoms with van der Waals surface area (Å²) in [4.78, 5) is 0. The van der Waals surface area contributed by atoms with Gasteiger partial charge in [-0.1, -0.05) is 60.7 Å². The number of hydrogen-bond donors (Lipinski definition) is 1. The lowest BCUT2D eigenvalue weighted by atomic mass is 10.1. The lowest BCUT2D eigenvalue weighted by Crippen LogP contribution is -1.87. The van der Waals surface area contributed by atoms with Crippen molar-refractivity contribution < 1.29 is 0 Å². The minimum Gasteiger partial charge on any atom is -0.368 e. The zero-order valence-electron chi connectivity index (χ0n) is 11.3. The molecule has 0 saturated heterocycles. The van der Waals surface area contributed by atoms with Crippen LogP contribution in [-0.4, -0.2) is 0 Å². The first-order valence-electron chi connectivity index (χ1n) is 6.87. The maximum absolute atomic E-state index is 2.92. The molecule has 0 radical (unpaired) electrons. The third-order valence-electron chi connectivity index (χ3n) is 3.41. The van der Waals surface area contributed by atoms with Gasteiger partial charge in [-0.2, -0.15) is 0 Å². The predicted octanol–water partition coefficient (Wildman–Crippen LogP) is 4.53. The second-order valence-corrected chi connectivity index (χ2v) is 4.73. The maximum Gasteiger partial charge on any atom is 0.000442 e. The molecule has 0 amide bonds. The van der Waals surface area contributed by atoms with Crippen LogP contribution in [0.25, 0.3) is 17.2 Å². The molecule has 4 rings (SSSR count). The molecule has 3 aliphatic carbocycles. The summed E-state index contributed by atoms with van der Waals surface area (Å²) >= 11 is 0. The van der Waals surface area contributed by atoms with Crippen LogP contribution in [-0.2, 0) is 6.42 Å². The summed E-state index contributed by atoms with van der Waals surface area (Å²) in [6, 6.07) is 13.0. The smallest absolute Gasteiger partial charge is 0.000442 e. The lowest BCUT2D eigenvalue weighted by Gasteiger charge is -1.99. The number of hydrogen-bond acceptors (Lipinski definition) is 1. The van der Waals surface area contributed by atoms with Crippen LogP contribution in [0.2, 0.25) is 0 Å². The molecule has 1 heterocycles. The Morgan fingerprint density at radius 3 is 2.35 bits per heavy atom. The summed E-state index contributed by atoms with van der Waals surface area (Å²) in [5, 5.41) is 2.92. The zero-order chi connectivity index (χ0) is 13.6. The molecule has 1 N–H and O–H groups in total. The van der Waals surface area contributed by atoms with Gasteiger partial charge in [0.05, 0.1) is 0 Å². The van der Waals surface area contributed by atoms with Crippen molar-refractivity contribution in [3.05, 3.63) is 90.3 Å². The Kier molecular flexibility index (Phi) is 3.79. The Labute approximate surface area is 120 Å². The maximum atomic E-state index is 2.92. The summed E-state index contributed by atoms with van der Waals surface area (Å²) < 4.78 is 0. The number of rotatable bonds is 0. The molecule has 0 bridgehead atoms. The average molecular weight is 259 g/mol. The largest absolute Gasteiger partial charge is 0.368 e. The quantitative estimate of drug-likeness (QED) is 0.732. The van der Waals surface area contributed by atoms with Crippen LogP contribution < -0.4 is 5.32 Å². The average Bonchev–Trinajstić information content (AvgIpc) is 2.96. The van der Waals surface area contributed by atoms with Crippen molar-refractivity contribution >= 4 is 6.08 Å². The van der Waals surface area contributed by atoms with Crippen molar-refractivity contribution in [2.45, 2.75) is 6.42 Å². The molecular weight excluding hydrogens is 242 g/mol. The van der Waals surface area contributed by atoms with E-state index in [1.807, 2.05) is 36.7 Å². The van der Waals surface area contributed by atoms with Gasteiger partial charge >= 0.3 is 0 Å². The van der Waals surface area contributed by atoms with E-state index in [4.69, 9.17) is 0 Å². The Bertz CT molecular complexity index is 660. The number of fused-ring (bicyclic) bond motifs is 3. The van der Waals surface area contributed by atoms with Crippen LogP contribution in [0.4, 0.5) is 0 Å². The third-order valence-corrected chi connectivity index (χ3v) is 3.41. The first kappa shape index (κ1) is 12.5. The molecule has 98 valence electrons. The van der Waals surface area contributed by atoms with Gasteiger partial charge in [-0.05, 0) is 40.8 Å². The zero-order valence-corrected chi connectivity index (χ0v) is 11.3. The summed E-state index contributed by atoms with van der Waals surface area (Å²) in [5.41, 5.74) is 5.61. The normalized spacial score (nSPS) is 14.4. The van der Waals surface area contributed by atoms with E-state index in [2.05, 4.69) is 53.9 Å². The summed E-state index contributed by atoms with van der Waals surface area (Å²) in [6.07, 6.45) is 17.1. The van der Waals surface area contributed by atoms with Gasteiger partial charge in [0.15, 0.2) is 0 Å². The fourth-order valence-electron chi connectivity index (χ4n) is 2.46. The van der Waals surface area contributed by atoms with Crippen LogP contribution in [0.15, 0.2) is 79.2 Å². The Hall–Kier alpha value is -2.54. The van der Waals surface area contributed by atoms with Crippen molar-refractivity contribution in [1.29, 1.82) is 0 Å². The summed E-state index contributed by atoms with van der Waals surface area (Å²) in [7, 11) is 0. The van der Waals surface area contributed by atoms with Gasteiger partial charge in [0, 0.05) is 12.4 Å². The van der Waals surface area contributed by atoms with Crippen LogP contribution >= 0.6 is 0 Å². The van der Waals surface area contributed by atoms with Crippen LogP contribution in [0, 0.1) is 0 Å². The molecule has 1 nitrogen and oxygen atoms in total. The highest BCUT2D eigenvalue weighted by molar-refractivity contribution is 5.76. The van der Waals surface area contributed by atoms with Gasteiger partial charge in [-0.15, -0.1) is 0 Å². The minimum absolute atomic E-state index is 1.09. The van der Waals surface area contributed by atoms with Crippen LogP contribution in [0.5, 0.6) is 0 Å². The molecule has 0 unspecified atom stereocenters. The standard InChI is InChI=1S/C13H10.C6H7N/c1-4-10-6-2-8-12(10)13-9-3-7-11(13)5-1;1-2-4-6-7-5-3-1/h1-8H,9H2;1-7H. The van der Waals surface area contributed by atoms with Gasteiger partial charge < -0.3 is 5.32 Å². The van der Waals surface area contributed by atoms with Crippen molar-refractivity contribution in [2.75, 3.05) is 0 Å². The highest BCUT2D eigenvalue weighted by atomic mass is 14.8. The molecule has 20 heavy (non-hydrogen) atoms. The third kappa shape index (κ3) is 2.72. The van der Waals surface area contributed by atoms with Gasteiger partial charge in [-0.3, -0.25) is 0 Å². The summed E-state index contributed by atoms with van der Waals surface area (Å²) in [6.45, 7) is 0. The molecule has 0 aromatic heterocycles. The molecule has 0 saturated carbocycles. The molecule has 4 aliphatic rings. The van der Waals surface area contributed by atoms with Gasteiger partial charge in [-0.25, -0.2) is 0 Å². The van der Waals surface area contributed by atoms with E-state index in [9.17, 15) is 0 Å². The Morgan fingerprint density at radius 2 is 1.55 bits per heavy atom. The van der Waals surface area contributed by atoms with E-state index in [1.54, 1.807) is 0 Å². The minimum atomic E-state index is 1.09. The van der Waals surface area contributed by atoms with Crippen molar-refractivity contribution in [2.24, 2.45) is 0 Å².